The van der Waals surface area contributed by atoms with E-state index < -0.39 is 0 Å². The fourth-order valence-electron chi connectivity index (χ4n) is 0.822. The minimum atomic E-state index is -0.244. The zero-order valence-electron chi connectivity index (χ0n) is 7.65. The molecule has 0 fully saturated rings. The molecule has 0 aromatic carbocycles. The van der Waals surface area contributed by atoms with Gasteiger partial charge in [-0.25, -0.2) is 0 Å². The van der Waals surface area contributed by atoms with Crippen molar-refractivity contribution in [2.24, 2.45) is 0 Å². The molecule has 7 nitrogen and oxygen atoms in total. The summed E-state index contributed by atoms with van der Waals surface area (Å²) in [6, 6.07) is 0. The average molecular weight is 187 g/mol. The van der Waals surface area contributed by atoms with Gasteiger partial charge in [-0.2, -0.15) is 5.21 Å². The number of hydrogen-bond donors (Lipinski definition) is 2. The van der Waals surface area contributed by atoms with Crippen molar-refractivity contribution in [2.45, 2.75) is 12.8 Å². The molecule has 0 saturated carbocycles. The first-order valence-electron chi connectivity index (χ1n) is 3.85. The number of aromatic nitrogens is 4. The summed E-state index contributed by atoms with van der Waals surface area (Å²) in [6.07, 6.45) is -0.244. The van der Waals surface area contributed by atoms with Crippen LogP contribution in [-0.2, 0) is 16.0 Å². The largest absolute Gasteiger partial charge is 0.355 e. The first-order valence-corrected chi connectivity index (χ1v) is 3.85. The molecule has 0 atom stereocenters. The maximum atomic E-state index is 4.97. The van der Waals surface area contributed by atoms with Crippen molar-refractivity contribution in [1.82, 2.24) is 25.9 Å². The molecule has 7 heteroatoms. The monoisotopic (exact) mass is 187 g/mol. The quantitative estimate of drug-likeness (QED) is 0.550. The molecule has 0 aliphatic heterocycles. The number of tetrazole rings is 1. The van der Waals surface area contributed by atoms with Crippen LogP contribution >= 0.6 is 0 Å². The van der Waals surface area contributed by atoms with Gasteiger partial charge in [0.2, 0.25) is 0 Å². The van der Waals surface area contributed by atoms with E-state index in [0.717, 1.165) is 0 Å². The highest BCUT2D eigenvalue weighted by molar-refractivity contribution is 4.73. The number of ether oxygens (including phenoxy) is 2. The Morgan fingerprint density at radius 2 is 2.23 bits per heavy atom. The smallest absolute Gasteiger partial charge is 0.188 e. The molecule has 0 bridgehead atoms. The predicted octanol–water partition coefficient (Wildman–Crippen LogP) is -1.09. The lowest BCUT2D eigenvalue weighted by atomic mass is 10.5. The Kier molecular flexibility index (Phi) is 4.30. The van der Waals surface area contributed by atoms with Gasteiger partial charge in [-0.3, -0.25) is 0 Å². The summed E-state index contributed by atoms with van der Waals surface area (Å²) >= 11 is 0. The predicted molar refractivity (Wildman–Crippen MR) is 43.7 cm³/mol. The fraction of sp³-hybridized carbons (Fsp3) is 0.833. The van der Waals surface area contributed by atoms with Crippen LogP contribution in [-0.4, -0.2) is 47.7 Å². The summed E-state index contributed by atoms with van der Waals surface area (Å²) in [5, 5.41) is 16.4. The second-order valence-electron chi connectivity index (χ2n) is 2.36. The number of nitrogens with one attached hydrogen (secondary N) is 2. The zero-order chi connectivity index (χ0) is 9.52. The summed E-state index contributed by atoms with van der Waals surface area (Å²) in [4.78, 5) is 0. The van der Waals surface area contributed by atoms with Gasteiger partial charge >= 0.3 is 0 Å². The normalized spacial score (nSPS) is 11.0. The van der Waals surface area contributed by atoms with Crippen molar-refractivity contribution in [2.75, 3.05) is 20.8 Å². The van der Waals surface area contributed by atoms with E-state index in [1.54, 1.807) is 14.2 Å². The third-order valence-corrected chi connectivity index (χ3v) is 1.51. The van der Waals surface area contributed by atoms with Crippen LogP contribution in [0.2, 0.25) is 0 Å². The molecule has 0 aliphatic rings. The van der Waals surface area contributed by atoms with Crippen LogP contribution < -0.4 is 5.32 Å². The average Bonchev–Trinajstić information content (AvgIpc) is 2.65. The van der Waals surface area contributed by atoms with Gasteiger partial charge in [-0.15, -0.1) is 10.2 Å². The Labute approximate surface area is 75.8 Å². The third kappa shape index (κ3) is 3.45. The van der Waals surface area contributed by atoms with Crippen LogP contribution in [0, 0.1) is 0 Å². The van der Waals surface area contributed by atoms with Gasteiger partial charge in [0.05, 0.1) is 6.54 Å². The molecule has 1 heterocycles. The Balaban J connectivity index is 2.13. The maximum Gasteiger partial charge on any atom is 0.188 e. The van der Waals surface area contributed by atoms with Crippen LogP contribution in [0.25, 0.3) is 0 Å². The molecule has 0 amide bonds. The Morgan fingerprint density at radius 3 is 2.77 bits per heavy atom. The standard InChI is InChI=1S/C6H13N5O2/c1-12-6(13-2)4-7-3-5-8-10-11-9-5/h6-7H,3-4H2,1-2H3,(H,8,9,10,11). The van der Waals surface area contributed by atoms with Crippen molar-refractivity contribution in [3.63, 3.8) is 0 Å². The third-order valence-electron chi connectivity index (χ3n) is 1.51. The van der Waals surface area contributed by atoms with E-state index in [9.17, 15) is 0 Å². The molecule has 1 aromatic heterocycles. The van der Waals surface area contributed by atoms with Crippen LogP contribution in [0.5, 0.6) is 0 Å². The molecule has 13 heavy (non-hydrogen) atoms. The van der Waals surface area contributed by atoms with Crippen molar-refractivity contribution >= 4 is 0 Å². The molecule has 0 radical (unpaired) electrons. The van der Waals surface area contributed by atoms with Crippen molar-refractivity contribution in [1.29, 1.82) is 0 Å². The second-order valence-corrected chi connectivity index (χ2v) is 2.36. The molecule has 1 aromatic rings. The van der Waals surface area contributed by atoms with Crippen LogP contribution in [0.15, 0.2) is 0 Å². The van der Waals surface area contributed by atoms with Crippen molar-refractivity contribution in [3.8, 4) is 0 Å². The SMILES string of the molecule is COC(CNCc1nn[nH]n1)OC. The summed E-state index contributed by atoms with van der Waals surface area (Å²) < 4.78 is 9.94. The van der Waals surface area contributed by atoms with Crippen LogP contribution in [0.4, 0.5) is 0 Å². The van der Waals surface area contributed by atoms with E-state index in [4.69, 9.17) is 9.47 Å². The number of rotatable bonds is 6. The fourth-order valence-corrected chi connectivity index (χ4v) is 0.822. The summed E-state index contributed by atoms with van der Waals surface area (Å²) in [5.41, 5.74) is 0. The van der Waals surface area contributed by atoms with E-state index in [-0.39, 0.29) is 6.29 Å². The highest BCUT2D eigenvalue weighted by Crippen LogP contribution is 1.88. The minimum Gasteiger partial charge on any atom is -0.355 e. The Morgan fingerprint density at radius 1 is 1.46 bits per heavy atom. The second kappa shape index (κ2) is 5.57. The van der Waals surface area contributed by atoms with Crippen molar-refractivity contribution < 1.29 is 9.47 Å². The number of hydrogen-bond acceptors (Lipinski definition) is 6. The summed E-state index contributed by atoms with van der Waals surface area (Å²) in [5.74, 6) is 0.617. The molecule has 0 spiro atoms. The van der Waals surface area contributed by atoms with Gasteiger partial charge in [-0.05, 0) is 0 Å². The van der Waals surface area contributed by atoms with E-state index in [0.29, 0.717) is 18.9 Å². The van der Waals surface area contributed by atoms with Gasteiger partial charge in [0.1, 0.15) is 0 Å². The molecular weight excluding hydrogens is 174 g/mol. The van der Waals surface area contributed by atoms with Crippen molar-refractivity contribution in [3.05, 3.63) is 5.82 Å². The molecule has 0 unspecified atom stereocenters. The van der Waals surface area contributed by atoms with Gasteiger partial charge in [0.15, 0.2) is 12.1 Å². The molecule has 74 valence electrons. The molecule has 0 saturated heterocycles. The van der Waals surface area contributed by atoms with Gasteiger partial charge in [-0.1, -0.05) is 5.21 Å². The lowest BCUT2D eigenvalue weighted by Gasteiger charge is -2.12. The number of H-pyrrole nitrogens is 1. The molecule has 2 N–H and O–H groups in total. The Hall–Kier alpha value is -1.05. The van der Waals surface area contributed by atoms with Crippen LogP contribution in [0.3, 0.4) is 0 Å². The van der Waals surface area contributed by atoms with E-state index in [2.05, 4.69) is 25.9 Å². The highest BCUT2D eigenvalue weighted by Gasteiger charge is 2.04. The summed E-state index contributed by atoms with van der Waals surface area (Å²) in [7, 11) is 3.17. The highest BCUT2D eigenvalue weighted by atomic mass is 16.7. The number of aromatic amines is 1. The zero-order valence-corrected chi connectivity index (χ0v) is 7.65. The first kappa shape index (κ1) is 10.0. The maximum absolute atomic E-state index is 4.97. The van der Waals surface area contributed by atoms with Gasteiger partial charge < -0.3 is 14.8 Å². The first-order chi connectivity index (χ1) is 6.36. The molecular formula is C6H13N5O2. The lowest BCUT2D eigenvalue weighted by Crippen LogP contribution is -2.29. The van der Waals surface area contributed by atoms with E-state index in [1.165, 1.54) is 0 Å². The van der Waals surface area contributed by atoms with Crippen LogP contribution in [0.1, 0.15) is 5.82 Å². The number of nitrogens with zero attached hydrogens (tertiary/aromatic N) is 3. The summed E-state index contributed by atoms with van der Waals surface area (Å²) in [6.45, 7) is 1.13. The minimum absolute atomic E-state index is 0.244. The van der Waals surface area contributed by atoms with E-state index in [1.807, 2.05) is 0 Å². The topological polar surface area (TPSA) is 85.0 Å². The Bertz CT molecular complexity index is 211. The number of methoxy groups -OCH3 is 2. The lowest BCUT2D eigenvalue weighted by molar-refractivity contribution is -0.0989. The molecule has 1 rings (SSSR count). The van der Waals surface area contributed by atoms with Gasteiger partial charge in [0.25, 0.3) is 0 Å². The van der Waals surface area contributed by atoms with E-state index >= 15 is 0 Å². The van der Waals surface area contributed by atoms with Gasteiger partial charge in [0, 0.05) is 20.8 Å². The molecule has 0 aliphatic carbocycles.